The third-order valence-electron chi connectivity index (χ3n) is 5.76. The molecule has 0 unspecified atom stereocenters. The third kappa shape index (κ3) is 9.19. The van der Waals surface area contributed by atoms with Gasteiger partial charge in [-0.3, -0.25) is 4.79 Å². The van der Waals surface area contributed by atoms with E-state index in [-0.39, 0.29) is 36.7 Å². The Kier molecular flexibility index (Phi) is 9.95. The smallest absolute Gasteiger partial charge is 0.309 e. The minimum Gasteiger partial charge on any atom is -0.427 e. The molecule has 0 aliphatic carbocycles. The van der Waals surface area contributed by atoms with Crippen molar-refractivity contribution in [3.63, 3.8) is 0 Å². The SMILES string of the molecule is CCc1cccc(CNC[C@@H](O)[C@H](Cc2cc(F)cc(F)c2)NC(=O)Cc2oc(NS(C)(=O)=O)nc2C)c1. The van der Waals surface area contributed by atoms with Gasteiger partial charge in [-0.25, -0.2) is 21.9 Å². The van der Waals surface area contributed by atoms with Crippen LogP contribution >= 0.6 is 0 Å². The molecule has 1 heterocycles. The zero-order valence-electron chi connectivity index (χ0n) is 21.4. The van der Waals surface area contributed by atoms with Gasteiger partial charge in [0.2, 0.25) is 15.9 Å². The summed E-state index contributed by atoms with van der Waals surface area (Å²) in [6.07, 6.45) is 0.408. The second-order valence-electron chi connectivity index (χ2n) is 9.11. The number of carbonyl (C=O) groups excluding carboxylic acids is 1. The Morgan fingerprint density at radius 3 is 2.45 bits per heavy atom. The fraction of sp³-hybridized carbons (Fsp3) is 0.385. The zero-order valence-corrected chi connectivity index (χ0v) is 22.2. The average Bonchev–Trinajstić information content (AvgIpc) is 3.14. The summed E-state index contributed by atoms with van der Waals surface area (Å²) in [5, 5.41) is 16.8. The lowest BCUT2D eigenvalue weighted by molar-refractivity contribution is -0.122. The molecule has 0 fully saturated rings. The number of aliphatic hydroxyl groups excluding tert-OH is 1. The molecule has 0 saturated heterocycles. The van der Waals surface area contributed by atoms with E-state index >= 15 is 0 Å². The number of oxazole rings is 1. The molecule has 0 radical (unpaired) electrons. The van der Waals surface area contributed by atoms with Crippen LogP contribution in [0.1, 0.15) is 35.1 Å². The van der Waals surface area contributed by atoms with E-state index in [9.17, 15) is 27.1 Å². The number of aromatic nitrogens is 1. The molecule has 0 saturated carbocycles. The van der Waals surface area contributed by atoms with Gasteiger partial charge < -0.3 is 20.2 Å². The van der Waals surface area contributed by atoms with Crippen LogP contribution in [0.5, 0.6) is 0 Å². The number of halogens is 2. The summed E-state index contributed by atoms with van der Waals surface area (Å²) in [7, 11) is -3.62. The topological polar surface area (TPSA) is 134 Å². The Balaban J connectivity index is 1.69. The van der Waals surface area contributed by atoms with Gasteiger partial charge in [0, 0.05) is 19.2 Å². The number of amides is 1. The number of hydrogen-bond donors (Lipinski definition) is 4. The Hall–Kier alpha value is -3.35. The lowest BCUT2D eigenvalue weighted by atomic mass is 10.00. The number of rotatable bonds is 13. The molecular weight excluding hydrogens is 518 g/mol. The Labute approximate surface area is 220 Å². The molecule has 12 heteroatoms. The van der Waals surface area contributed by atoms with Crippen molar-refractivity contribution in [2.45, 2.75) is 51.8 Å². The summed E-state index contributed by atoms with van der Waals surface area (Å²) in [4.78, 5) is 16.8. The van der Waals surface area contributed by atoms with Gasteiger partial charge in [0.05, 0.1) is 30.5 Å². The maximum absolute atomic E-state index is 13.8. The molecule has 206 valence electrons. The molecule has 1 aromatic heterocycles. The summed E-state index contributed by atoms with van der Waals surface area (Å²) in [6.45, 7) is 4.19. The maximum atomic E-state index is 13.8. The number of nitrogens with one attached hydrogen (secondary N) is 3. The second-order valence-corrected chi connectivity index (χ2v) is 10.9. The third-order valence-corrected chi connectivity index (χ3v) is 6.30. The van der Waals surface area contributed by atoms with Gasteiger partial charge >= 0.3 is 6.01 Å². The molecule has 0 bridgehead atoms. The van der Waals surface area contributed by atoms with E-state index in [1.165, 1.54) is 5.56 Å². The van der Waals surface area contributed by atoms with Crippen molar-refractivity contribution in [3.8, 4) is 0 Å². The fourth-order valence-electron chi connectivity index (χ4n) is 3.93. The molecule has 2 aromatic carbocycles. The quantitative estimate of drug-likeness (QED) is 0.257. The summed E-state index contributed by atoms with van der Waals surface area (Å²) in [5.41, 5.74) is 2.79. The van der Waals surface area contributed by atoms with Gasteiger partial charge in [-0.2, -0.15) is 4.98 Å². The van der Waals surface area contributed by atoms with Gasteiger partial charge in [-0.05, 0) is 48.6 Å². The Morgan fingerprint density at radius 1 is 1.11 bits per heavy atom. The van der Waals surface area contributed by atoms with E-state index in [0.29, 0.717) is 12.2 Å². The summed E-state index contributed by atoms with van der Waals surface area (Å²) >= 11 is 0. The number of carbonyl (C=O) groups is 1. The minimum absolute atomic E-state index is 0.0368. The molecule has 0 spiro atoms. The minimum atomic E-state index is -3.62. The number of sulfonamides is 1. The van der Waals surface area contributed by atoms with Crippen molar-refractivity contribution < 1.29 is 31.5 Å². The Morgan fingerprint density at radius 2 is 1.79 bits per heavy atom. The molecule has 38 heavy (non-hydrogen) atoms. The van der Waals surface area contributed by atoms with Gasteiger partial charge in [0.1, 0.15) is 17.4 Å². The second kappa shape index (κ2) is 12.9. The van der Waals surface area contributed by atoms with E-state index in [4.69, 9.17) is 4.42 Å². The number of aryl methyl sites for hydroxylation is 2. The van der Waals surface area contributed by atoms with Crippen molar-refractivity contribution in [1.82, 2.24) is 15.6 Å². The van der Waals surface area contributed by atoms with Crippen LogP contribution in [0.2, 0.25) is 0 Å². The van der Waals surface area contributed by atoms with Gasteiger partial charge in [0.15, 0.2) is 0 Å². The van der Waals surface area contributed by atoms with E-state index in [1.807, 2.05) is 18.2 Å². The van der Waals surface area contributed by atoms with E-state index in [1.54, 1.807) is 6.92 Å². The molecule has 0 aliphatic heterocycles. The highest BCUT2D eigenvalue weighted by molar-refractivity contribution is 7.91. The first-order valence-electron chi connectivity index (χ1n) is 12.1. The number of nitrogens with zero attached hydrogens (tertiary/aromatic N) is 1. The number of anilines is 1. The van der Waals surface area contributed by atoms with E-state index < -0.39 is 39.7 Å². The van der Waals surface area contributed by atoms with Crippen LogP contribution in [0.15, 0.2) is 46.9 Å². The number of hydrogen-bond acceptors (Lipinski definition) is 7. The van der Waals surface area contributed by atoms with Crippen LogP contribution in [0, 0.1) is 18.6 Å². The normalized spacial score (nSPS) is 13.2. The monoisotopic (exact) mass is 550 g/mol. The highest BCUT2D eigenvalue weighted by Crippen LogP contribution is 2.17. The standard InChI is InChI=1S/C26H32F2N4O5S/c1-4-17-6-5-7-18(8-17)14-29-15-23(33)22(11-19-9-20(27)12-21(28)10-19)31-25(34)13-24-16(2)30-26(37-24)32-38(3,35)36/h5-10,12,22-23,29,33H,4,11,13-15H2,1-3H3,(H,30,32)(H,31,34)/t22-,23+/m0/s1. The molecule has 2 atom stereocenters. The first kappa shape index (κ1) is 29.2. The fourth-order valence-corrected chi connectivity index (χ4v) is 4.33. The Bertz CT molecular complexity index is 1340. The predicted octanol–water partition coefficient (Wildman–Crippen LogP) is 2.62. The molecule has 0 aliphatic rings. The van der Waals surface area contributed by atoms with Crippen LogP contribution in [-0.2, 0) is 40.6 Å². The van der Waals surface area contributed by atoms with Gasteiger partial charge in [0.25, 0.3) is 0 Å². The molecular formula is C26H32F2N4O5S. The zero-order chi connectivity index (χ0) is 27.9. The van der Waals surface area contributed by atoms with Gasteiger partial charge in [-0.1, -0.05) is 31.2 Å². The highest BCUT2D eigenvalue weighted by atomic mass is 32.2. The molecule has 3 aromatic rings. The maximum Gasteiger partial charge on any atom is 0.309 e. The lowest BCUT2D eigenvalue weighted by Crippen LogP contribution is -2.49. The first-order valence-corrected chi connectivity index (χ1v) is 14.0. The average molecular weight is 551 g/mol. The summed E-state index contributed by atoms with van der Waals surface area (Å²) in [5.74, 6) is -1.95. The van der Waals surface area contributed by atoms with Crippen LogP contribution in [0.3, 0.4) is 0 Å². The van der Waals surface area contributed by atoms with Crippen LogP contribution < -0.4 is 15.4 Å². The molecule has 9 nitrogen and oxygen atoms in total. The predicted molar refractivity (Wildman–Crippen MR) is 139 cm³/mol. The summed E-state index contributed by atoms with van der Waals surface area (Å²) in [6, 6.07) is 9.86. The highest BCUT2D eigenvalue weighted by Gasteiger charge is 2.24. The van der Waals surface area contributed by atoms with Crippen molar-refractivity contribution >= 4 is 21.9 Å². The van der Waals surface area contributed by atoms with E-state index in [2.05, 4.69) is 33.3 Å². The molecule has 4 N–H and O–H groups in total. The van der Waals surface area contributed by atoms with Gasteiger partial charge in [-0.15, -0.1) is 0 Å². The summed E-state index contributed by atoms with van der Waals surface area (Å²) < 4.78 is 57.8. The van der Waals surface area contributed by atoms with Crippen molar-refractivity contribution in [1.29, 1.82) is 0 Å². The van der Waals surface area contributed by atoms with Crippen molar-refractivity contribution in [2.24, 2.45) is 0 Å². The van der Waals surface area contributed by atoms with Crippen molar-refractivity contribution in [2.75, 3.05) is 17.5 Å². The largest absolute Gasteiger partial charge is 0.427 e. The molecule has 1 amide bonds. The van der Waals surface area contributed by atoms with Crippen LogP contribution in [0.25, 0.3) is 0 Å². The number of benzene rings is 2. The van der Waals surface area contributed by atoms with Crippen molar-refractivity contribution in [3.05, 3.63) is 82.2 Å². The van der Waals surface area contributed by atoms with E-state index in [0.717, 1.165) is 36.4 Å². The van der Waals surface area contributed by atoms with Crippen LogP contribution in [-0.4, -0.2) is 49.4 Å². The number of aliphatic hydroxyl groups is 1. The lowest BCUT2D eigenvalue weighted by Gasteiger charge is -2.25. The van der Waals surface area contributed by atoms with Crippen LogP contribution in [0.4, 0.5) is 14.8 Å². The molecule has 3 rings (SSSR count). The first-order chi connectivity index (χ1) is 17.9.